The van der Waals surface area contributed by atoms with Crippen LogP contribution in [0.3, 0.4) is 0 Å². The molecule has 26 heavy (non-hydrogen) atoms. The lowest BCUT2D eigenvalue weighted by molar-refractivity contribution is 0.00106. The van der Waals surface area contributed by atoms with Crippen molar-refractivity contribution in [3.63, 3.8) is 0 Å². The molecule has 0 aromatic heterocycles. The molecule has 3 unspecified atom stereocenters. The summed E-state index contributed by atoms with van der Waals surface area (Å²) in [6, 6.07) is 10.0. The molecule has 3 atom stereocenters. The molecule has 6 nitrogen and oxygen atoms in total. The minimum Gasteiger partial charge on any atom is -0.389 e. The Kier molecular flexibility index (Phi) is 8.88. The van der Waals surface area contributed by atoms with Crippen LogP contribution in [0.15, 0.2) is 35.3 Å². The van der Waals surface area contributed by atoms with Gasteiger partial charge in [-0.05, 0) is 25.8 Å². The van der Waals surface area contributed by atoms with Crippen molar-refractivity contribution in [1.29, 1.82) is 0 Å². The molecule has 0 bridgehead atoms. The number of aliphatic hydroxyl groups excluding tert-OH is 1. The molecule has 1 aliphatic rings. The Labute approximate surface area is 157 Å². The number of aliphatic imine (C=N–C) groups is 1. The van der Waals surface area contributed by atoms with E-state index in [0.717, 1.165) is 44.2 Å². The molecule has 6 heteroatoms. The van der Waals surface area contributed by atoms with Gasteiger partial charge in [-0.2, -0.15) is 0 Å². The molecule has 0 aliphatic carbocycles. The smallest absolute Gasteiger partial charge is 0.194 e. The maximum Gasteiger partial charge on any atom is 0.194 e. The predicted molar refractivity (Wildman–Crippen MR) is 104 cm³/mol. The fourth-order valence-electron chi connectivity index (χ4n) is 3.14. The van der Waals surface area contributed by atoms with Gasteiger partial charge in [-0.3, -0.25) is 4.99 Å². The van der Waals surface area contributed by atoms with Crippen molar-refractivity contribution < 1.29 is 14.6 Å². The number of hydrogen-bond acceptors (Lipinski definition) is 4. The van der Waals surface area contributed by atoms with Gasteiger partial charge in [-0.1, -0.05) is 30.3 Å². The van der Waals surface area contributed by atoms with Crippen LogP contribution in [0.5, 0.6) is 0 Å². The van der Waals surface area contributed by atoms with Crippen molar-refractivity contribution in [1.82, 2.24) is 10.2 Å². The molecular formula is C20H33N3O3. The molecule has 1 fully saturated rings. The Balaban J connectivity index is 1.80. The molecule has 2 N–H and O–H groups in total. The Hall–Kier alpha value is -1.63. The molecule has 1 heterocycles. The lowest BCUT2D eigenvalue weighted by Crippen LogP contribution is -2.41. The van der Waals surface area contributed by atoms with E-state index in [9.17, 15) is 5.11 Å². The molecule has 0 spiro atoms. The third kappa shape index (κ3) is 6.59. The first-order valence-electron chi connectivity index (χ1n) is 9.50. The number of methoxy groups -OCH3 is 1. The highest BCUT2D eigenvalue weighted by molar-refractivity contribution is 5.80. The lowest BCUT2D eigenvalue weighted by atomic mass is 10.1. The molecule has 1 aliphatic heterocycles. The van der Waals surface area contributed by atoms with Crippen LogP contribution in [-0.2, 0) is 9.47 Å². The SMILES string of the molecule is CCNC(=NCC(O)COC(C)c1ccccc1)N1CCC(COC)C1. The zero-order chi connectivity index (χ0) is 18.8. The molecular weight excluding hydrogens is 330 g/mol. The first-order chi connectivity index (χ1) is 12.6. The number of nitrogens with zero attached hydrogens (tertiary/aromatic N) is 2. The number of rotatable bonds is 9. The van der Waals surface area contributed by atoms with Gasteiger partial charge >= 0.3 is 0 Å². The van der Waals surface area contributed by atoms with Gasteiger partial charge in [-0.25, -0.2) is 0 Å². The van der Waals surface area contributed by atoms with Gasteiger partial charge in [0, 0.05) is 32.7 Å². The van der Waals surface area contributed by atoms with E-state index in [2.05, 4.69) is 22.1 Å². The van der Waals surface area contributed by atoms with Crippen LogP contribution >= 0.6 is 0 Å². The van der Waals surface area contributed by atoms with Gasteiger partial charge in [0.1, 0.15) is 0 Å². The zero-order valence-electron chi connectivity index (χ0n) is 16.2. The van der Waals surface area contributed by atoms with Crippen LogP contribution in [0.25, 0.3) is 0 Å². The van der Waals surface area contributed by atoms with Gasteiger partial charge in [-0.15, -0.1) is 0 Å². The average molecular weight is 364 g/mol. The van der Waals surface area contributed by atoms with Crippen LogP contribution in [0.1, 0.15) is 31.9 Å². The summed E-state index contributed by atoms with van der Waals surface area (Å²) in [7, 11) is 1.74. The number of benzene rings is 1. The fourth-order valence-corrected chi connectivity index (χ4v) is 3.14. The van der Waals surface area contributed by atoms with Crippen LogP contribution in [-0.4, -0.2) is 68.6 Å². The fraction of sp³-hybridized carbons (Fsp3) is 0.650. The largest absolute Gasteiger partial charge is 0.389 e. The maximum atomic E-state index is 10.2. The van der Waals surface area contributed by atoms with Crippen LogP contribution in [0.4, 0.5) is 0 Å². The minimum atomic E-state index is -0.618. The van der Waals surface area contributed by atoms with Crippen LogP contribution in [0.2, 0.25) is 0 Å². The molecule has 0 saturated carbocycles. The predicted octanol–water partition coefficient (Wildman–Crippen LogP) is 2.06. The van der Waals surface area contributed by atoms with Crippen LogP contribution in [0, 0.1) is 5.92 Å². The topological polar surface area (TPSA) is 66.3 Å². The van der Waals surface area contributed by atoms with E-state index in [4.69, 9.17) is 9.47 Å². The van der Waals surface area contributed by atoms with Crippen molar-refractivity contribution >= 4 is 5.96 Å². The summed E-state index contributed by atoms with van der Waals surface area (Å²) in [5, 5.41) is 13.6. The molecule has 1 aromatic rings. The van der Waals surface area contributed by atoms with E-state index in [-0.39, 0.29) is 12.7 Å². The van der Waals surface area contributed by atoms with Crippen molar-refractivity contribution in [3.8, 4) is 0 Å². The second kappa shape index (κ2) is 11.2. The molecule has 1 saturated heterocycles. The third-order valence-corrected chi connectivity index (χ3v) is 4.58. The average Bonchev–Trinajstić information content (AvgIpc) is 3.12. The summed E-state index contributed by atoms with van der Waals surface area (Å²) < 4.78 is 11.0. The minimum absolute atomic E-state index is 0.0450. The van der Waals surface area contributed by atoms with Gasteiger partial charge < -0.3 is 24.8 Å². The lowest BCUT2D eigenvalue weighted by Gasteiger charge is -2.22. The molecule has 0 amide bonds. The van der Waals surface area contributed by atoms with E-state index in [0.29, 0.717) is 12.5 Å². The Morgan fingerprint density at radius 2 is 2.15 bits per heavy atom. The van der Waals surface area contributed by atoms with Gasteiger partial charge in [0.15, 0.2) is 5.96 Å². The van der Waals surface area contributed by atoms with Gasteiger partial charge in [0.2, 0.25) is 0 Å². The van der Waals surface area contributed by atoms with E-state index < -0.39 is 6.10 Å². The molecule has 1 aromatic carbocycles. The summed E-state index contributed by atoms with van der Waals surface area (Å²) >= 11 is 0. The number of aliphatic hydroxyl groups is 1. The summed E-state index contributed by atoms with van der Waals surface area (Å²) in [5.74, 6) is 1.41. The standard InChI is InChI=1S/C20H33N3O3/c1-4-21-20(23-11-10-17(13-23)14-25-3)22-12-19(24)15-26-16(2)18-8-6-5-7-9-18/h5-9,16-17,19,24H,4,10-15H2,1-3H3,(H,21,22). The van der Waals surface area contributed by atoms with Gasteiger partial charge in [0.05, 0.1) is 32.0 Å². The second-order valence-electron chi connectivity index (χ2n) is 6.79. The monoisotopic (exact) mass is 363 g/mol. The summed E-state index contributed by atoms with van der Waals surface area (Å²) in [5.41, 5.74) is 1.11. The summed E-state index contributed by atoms with van der Waals surface area (Å²) in [6.45, 7) is 8.15. The number of ether oxygens (including phenoxy) is 2. The first kappa shape index (κ1) is 20.7. The highest BCUT2D eigenvalue weighted by Gasteiger charge is 2.24. The van der Waals surface area contributed by atoms with E-state index >= 15 is 0 Å². The Morgan fingerprint density at radius 3 is 2.85 bits per heavy atom. The van der Waals surface area contributed by atoms with Crippen LogP contribution < -0.4 is 5.32 Å². The van der Waals surface area contributed by atoms with E-state index in [1.54, 1.807) is 7.11 Å². The number of likely N-dealkylation sites (tertiary alicyclic amines) is 1. The first-order valence-corrected chi connectivity index (χ1v) is 9.50. The summed E-state index contributed by atoms with van der Waals surface area (Å²) in [4.78, 5) is 6.84. The summed E-state index contributed by atoms with van der Waals surface area (Å²) in [6.07, 6.45) is 0.446. The van der Waals surface area contributed by atoms with Gasteiger partial charge in [0.25, 0.3) is 0 Å². The Morgan fingerprint density at radius 1 is 1.38 bits per heavy atom. The molecule has 146 valence electrons. The quantitative estimate of drug-likeness (QED) is 0.519. The van der Waals surface area contributed by atoms with E-state index in [1.807, 2.05) is 37.3 Å². The van der Waals surface area contributed by atoms with Crippen molar-refractivity contribution in [2.75, 3.05) is 46.5 Å². The maximum absolute atomic E-state index is 10.2. The molecule has 2 rings (SSSR count). The number of hydrogen-bond donors (Lipinski definition) is 2. The second-order valence-corrected chi connectivity index (χ2v) is 6.79. The van der Waals surface area contributed by atoms with Crippen molar-refractivity contribution in [2.45, 2.75) is 32.5 Å². The third-order valence-electron chi connectivity index (χ3n) is 4.58. The number of nitrogens with one attached hydrogen (secondary N) is 1. The normalized spacial score (nSPS) is 20.2. The van der Waals surface area contributed by atoms with Crippen molar-refractivity contribution in [3.05, 3.63) is 35.9 Å². The molecule has 0 radical (unpaired) electrons. The van der Waals surface area contributed by atoms with Crippen molar-refractivity contribution in [2.24, 2.45) is 10.9 Å². The highest BCUT2D eigenvalue weighted by Crippen LogP contribution is 2.17. The van der Waals surface area contributed by atoms with E-state index in [1.165, 1.54) is 0 Å². The Bertz CT molecular complexity index is 538. The zero-order valence-corrected chi connectivity index (χ0v) is 16.2. The number of guanidine groups is 1. The highest BCUT2D eigenvalue weighted by atomic mass is 16.5.